The lowest BCUT2D eigenvalue weighted by Crippen LogP contribution is -1.82. The molecule has 0 spiro atoms. The maximum atomic E-state index is 10.5. The monoisotopic (exact) mass is 171 g/mol. The van der Waals surface area contributed by atoms with Gasteiger partial charge in [-0.2, -0.15) is 0 Å². The van der Waals surface area contributed by atoms with Crippen LogP contribution in [-0.2, 0) is 4.79 Å². The Kier molecular flexibility index (Phi) is 1.74. The number of rotatable bonds is 1. The first-order chi connectivity index (χ1) is 6.31. The number of aromatic hydroxyl groups is 1. The second-order valence-electron chi connectivity index (χ2n) is 2.81. The van der Waals surface area contributed by atoms with Gasteiger partial charge in [0.05, 0.1) is 0 Å². The van der Waals surface area contributed by atoms with E-state index in [2.05, 4.69) is 0 Å². The van der Waals surface area contributed by atoms with Crippen LogP contribution < -0.4 is 0 Å². The molecule has 63 valence electrons. The van der Waals surface area contributed by atoms with E-state index < -0.39 is 0 Å². The Bertz CT molecular complexity index is 461. The number of benzene rings is 2. The van der Waals surface area contributed by atoms with E-state index >= 15 is 0 Å². The molecule has 13 heavy (non-hydrogen) atoms. The molecule has 2 rings (SSSR count). The second-order valence-corrected chi connectivity index (χ2v) is 2.81. The van der Waals surface area contributed by atoms with E-state index in [1.807, 2.05) is 12.4 Å². The summed E-state index contributed by atoms with van der Waals surface area (Å²) in [6, 6.07) is 10.3. The van der Waals surface area contributed by atoms with Gasteiger partial charge in [0.25, 0.3) is 0 Å². The first kappa shape index (κ1) is 7.80. The molecule has 1 N–H and O–H groups in total. The van der Waals surface area contributed by atoms with E-state index in [0.29, 0.717) is 5.56 Å². The number of fused-ring (bicyclic) bond motifs is 1. The number of phenols is 1. The third kappa shape index (κ3) is 1.26. The number of carbonyl (C=O) groups excluding carboxylic acids is 1. The summed E-state index contributed by atoms with van der Waals surface area (Å²) in [4.78, 5) is 10.5. The van der Waals surface area contributed by atoms with Crippen LogP contribution in [-0.4, -0.2) is 11.4 Å². The molecule has 2 aromatic rings. The molecule has 0 amide bonds. The van der Waals surface area contributed by atoms with Crippen LogP contribution in [0.3, 0.4) is 0 Å². The van der Waals surface area contributed by atoms with Crippen LogP contribution >= 0.6 is 0 Å². The highest BCUT2D eigenvalue weighted by Gasteiger charge is 2.00. The van der Waals surface area contributed by atoms with Crippen molar-refractivity contribution < 1.29 is 9.90 Å². The van der Waals surface area contributed by atoms with E-state index in [9.17, 15) is 9.90 Å². The molecule has 0 saturated carbocycles. The van der Waals surface area contributed by atoms with Gasteiger partial charge >= 0.3 is 0 Å². The Morgan fingerprint density at radius 1 is 1.15 bits per heavy atom. The molecule has 0 aliphatic carbocycles. The predicted molar refractivity (Wildman–Crippen MR) is 50.4 cm³/mol. The minimum atomic E-state index is 0.162. The van der Waals surface area contributed by atoms with Gasteiger partial charge < -0.3 is 5.11 Å². The molecule has 0 saturated heterocycles. The molecule has 1 radical (unpaired) electrons. The van der Waals surface area contributed by atoms with Gasteiger partial charge in [0.1, 0.15) is 5.75 Å². The van der Waals surface area contributed by atoms with Crippen molar-refractivity contribution >= 4 is 17.1 Å². The largest absolute Gasteiger partial charge is 0.508 e. The number of hydrogen-bond donors (Lipinski definition) is 1. The SMILES string of the molecule is O=[C]c1cccc2ccc(O)cc12. The summed E-state index contributed by atoms with van der Waals surface area (Å²) in [5, 5.41) is 10.9. The maximum absolute atomic E-state index is 10.5. The van der Waals surface area contributed by atoms with Gasteiger partial charge in [0, 0.05) is 5.56 Å². The zero-order valence-electron chi connectivity index (χ0n) is 6.82. The summed E-state index contributed by atoms with van der Waals surface area (Å²) in [6.07, 6.45) is 1.84. The molecule has 0 atom stereocenters. The van der Waals surface area contributed by atoms with Gasteiger partial charge in [-0.25, -0.2) is 0 Å². The van der Waals surface area contributed by atoms with Gasteiger partial charge in [-0.15, -0.1) is 0 Å². The first-order valence-electron chi connectivity index (χ1n) is 3.91. The molecular formula is C11H7O2. The smallest absolute Gasteiger partial charge is 0.234 e. The van der Waals surface area contributed by atoms with Crippen molar-refractivity contribution in [2.45, 2.75) is 0 Å². The Hall–Kier alpha value is -1.83. The van der Waals surface area contributed by atoms with Crippen molar-refractivity contribution in [1.82, 2.24) is 0 Å². The van der Waals surface area contributed by atoms with Crippen molar-refractivity contribution in [2.24, 2.45) is 0 Å². The highest BCUT2D eigenvalue weighted by Crippen LogP contribution is 2.21. The average Bonchev–Trinajstić information content (AvgIpc) is 2.17. The van der Waals surface area contributed by atoms with Crippen LogP contribution in [0.25, 0.3) is 10.8 Å². The van der Waals surface area contributed by atoms with E-state index in [0.717, 1.165) is 10.8 Å². The second kappa shape index (κ2) is 2.90. The van der Waals surface area contributed by atoms with E-state index in [4.69, 9.17) is 0 Å². The molecule has 0 aromatic heterocycles. The summed E-state index contributed by atoms with van der Waals surface area (Å²) in [6.45, 7) is 0. The van der Waals surface area contributed by atoms with Gasteiger partial charge in [0.2, 0.25) is 6.29 Å². The topological polar surface area (TPSA) is 37.3 Å². The Labute approximate surface area is 75.4 Å². The highest BCUT2D eigenvalue weighted by molar-refractivity contribution is 5.98. The fraction of sp³-hybridized carbons (Fsp3) is 0. The van der Waals surface area contributed by atoms with E-state index in [1.165, 1.54) is 0 Å². The van der Waals surface area contributed by atoms with Crippen LogP contribution in [0.4, 0.5) is 0 Å². The minimum absolute atomic E-state index is 0.162. The third-order valence-electron chi connectivity index (χ3n) is 1.98. The third-order valence-corrected chi connectivity index (χ3v) is 1.98. The first-order valence-corrected chi connectivity index (χ1v) is 3.91. The average molecular weight is 171 g/mol. The van der Waals surface area contributed by atoms with Crippen LogP contribution in [0.1, 0.15) is 5.56 Å². The van der Waals surface area contributed by atoms with Crippen LogP contribution in [0.5, 0.6) is 5.75 Å². The van der Waals surface area contributed by atoms with Crippen molar-refractivity contribution in [3.63, 3.8) is 0 Å². The molecule has 2 heteroatoms. The molecule has 2 nitrogen and oxygen atoms in total. The van der Waals surface area contributed by atoms with Crippen LogP contribution in [0.15, 0.2) is 36.4 Å². The van der Waals surface area contributed by atoms with Crippen molar-refractivity contribution in [2.75, 3.05) is 0 Å². The maximum Gasteiger partial charge on any atom is 0.234 e. The number of phenolic OH excluding ortho intramolecular Hbond substituents is 1. The zero-order chi connectivity index (χ0) is 9.26. The van der Waals surface area contributed by atoms with E-state index in [1.54, 1.807) is 30.3 Å². The van der Waals surface area contributed by atoms with Crippen LogP contribution in [0.2, 0.25) is 0 Å². The molecule has 0 heterocycles. The lowest BCUT2D eigenvalue weighted by Gasteiger charge is -1.99. The number of hydrogen-bond acceptors (Lipinski definition) is 2. The van der Waals surface area contributed by atoms with Crippen LogP contribution in [0, 0.1) is 0 Å². The lowest BCUT2D eigenvalue weighted by atomic mass is 10.1. The summed E-state index contributed by atoms with van der Waals surface area (Å²) in [5.41, 5.74) is 0.480. The van der Waals surface area contributed by atoms with E-state index in [-0.39, 0.29) is 5.75 Å². The Balaban J connectivity index is 2.86. The standard InChI is InChI=1S/C11H7O2/c12-7-9-3-1-2-8-4-5-10(13)6-11(8)9/h1-6,13H. The Morgan fingerprint density at radius 3 is 2.77 bits per heavy atom. The van der Waals surface area contributed by atoms with Gasteiger partial charge in [-0.1, -0.05) is 24.3 Å². The molecule has 0 fully saturated rings. The molecule has 0 unspecified atom stereocenters. The Morgan fingerprint density at radius 2 is 2.00 bits per heavy atom. The van der Waals surface area contributed by atoms with Crippen molar-refractivity contribution in [3.05, 3.63) is 42.0 Å². The zero-order valence-corrected chi connectivity index (χ0v) is 6.82. The summed E-state index contributed by atoms with van der Waals surface area (Å²) in [5.74, 6) is 0.162. The lowest BCUT2D eigenvalue weighted by molar-refractivity contribution is 0.476. The summed E-state index contributed by atoms with van der Waals surface area (Å²) < 4.78 is 0. The predicted octanol–water partition coefficient (Wildman–Crippen LogP) is 2.00. The van der Waals surface area contributed by atoms with Crippen molar-refractivity contribution in [1.29, 1.82) is 0 Å². The summed E-state index contributed by atoms with van der Waals surface area (Å²) >= 11 is 0. The molecule has 2 aromatic carbocycles. The van der Waals surface area contributed by atoms with Gasteiger partial charge in [0.15, 0.2) is 0 Å². The molecule has 0 bridgehead atoms. The quantitative estimate of drug-likeness (QED) is 0.712. The fourth-order valence-electron chi connectivity index (χ4n) is 1.35. The highest BCUT2D eigenvalue weighted by atomic mass is 16.3. The van der Waals surface area contributed by atoms with Gasteiger partial charge in [-0.3, -0.25) is 4.79 Å². The fourth-order valence-corrected chi connectivity index (χ4v) is 1.35. The minimum Gasteiger partial charge on any atom is -0.508 e. The van der Waals surface area contributed by atoms with Crippen molar-refractivity contribution in [3.8, 4) is 5.75 Å². The van der Waals surface area contributed by atoms with Gasteiger partial charge in [-0.05, 0) is 22.9 Å². The normalized spacial score (nSPS) is 10.2. The molecule has 0 aliphatic heterocycles. The summed E-state index contributed by atoms with van der Waals surface area (Å²) in [7, 11) is 0. The molecular weight excluding hydrogens is 164 g/mol. The molecule has 0 aliphatic rings.